The number of carbonyl (C=O) groups excluding carboxylic acids is 2. The lowest BCUT2D eigenvalue weighted by Gasteiger charge is -2.21. The predicted octanol–water partition coefficient (Wildman–Crippen LogP) is 4.25. The van der Waals surface area contributed by atoms with E-state index in [0.717, 1.165) is 25.0 Å². The van der Waals surface area contributed by atoms with E-state index >= 15 is 0 Å². The van der Waals surface area contributed by atoms with Gasteiger partial charge in [0.15, 0.2) is 0 Å². The van der Waals surface area contributed by atoms with Crippen LogP contribution in [0.2, 0.25) is 0 Å². The second kappa shape index (κ2) is 11.8. The van der Waals surface area contributed by atoms with Crippen LogP contribution in [0.5, 0.6) is 0 Å². The number of amides is 2. The number of nitrogens with zero attached hydrogens (tertiary/aromatic N) is 1. The summed E-state index contributed by atoms with van der Waals surface area (Å²) in [4.78, 5) is 22.1. The van der Waals surface area contributed by atoms with E-state index in [1.54, 1.807) is 11.0 Å². The Morgan fingerprint density at radius 1 is 1.11 bits per heavy atom. The van der Waals surface area contributed by atoms with Crippen molar-refractivity contribution in [1.29, 1.82) is 0 Å². The largest absolute Gasteiger partial charge is 0.416 e. The van der Waals surface area contributed by atoms with E-state index < -0.39 is 11.7 Å². The van der Waals surface area contributed by atoms with Crippen LogP contribution in [0.4, 0.5) is 13.2 Å². The number of hydrogen-bond donors (Lipinski definition) is 1. The summed E-state index contributed by atoms with van der Waals surface area (Å²) in [5, 5.41) is 0. The van der Waals surface area contributed by atoms with Crippen molar-refractivity contribution < 1.29 is 22.8 Å². The smallest absolute Gasteiger partial charge is 0.372 e. The maximum absolute atomic E-state index is 12.6. The summed E-state index contributed by atoms with van der Waals surface area (Å²) >= 11 is 0. The third-order valence-electron chi connectivity index (χ3n) is 3.91. The van der Waals surface area contributed by atoms with Crippen molar-refractivity contribution in [2.45, 2.75) is 32.5 Å². The van der Waals surface area contributed by atoms with Gasteiger partial charge in [0.2, 0.25) is 12.3 Å². The van der Waals surface area contributed by atoms with Crippen LogP contribution < -0.4 is 5.73 Å². The van der Waals surface area contributed by atoms with Gasteiger partial charge in [0.05, 0.1) is 5.56 Å². The molecule has 4 nitrogen and oxygen atoms in total. The molecule has 2 N–H and O–H groups in total. The lowest BCUT2D eigenvalue weighted by molar-refractivity contribution is -0.137. The number of alkyl halides is 3. The first-order valence-corrected chi connectivity index (χ1v) is 8.93. The molecule has 2 aromatic rings. The maximum atomic E-state index is 12.6. The number of rotatable bonds is 4. The second-order valence-electron chi connectivity index (χ2n) is 6.12. The molecule has 28 heavy (non-hydrogen) atoms. The molecule has 2 aromatic carbocycles. The Labute approximate surface area is 163 Å². The minimum atomic E-state index is -4.34. The molecule has 1 aliphatic carbocycles. The molecule has 0 bridgehead atoms. The Kier molecular flexibility index (Phi) is 9.78. The van der Waals surface area contributed by atoms with E-state index in [0.29, 0.717) is 12.1 Å². The van der Waals surface area contributed by atoms with E-state index in [9.17, 15) is 18.0 Å². The summed E-state index contributed by atoms with van der Waals surface area (Å²) in [6.45, 7) is 2.61. The Balaban J connectivity index is 0.000000360. The highest BCUT2D eigenvalue weighted by atomic mass is 19.4. The van der Waals surface area contributed by atoms with Crippen LogP contribution in [-0.2, 0) is 22.3 Å². The number of carbonyl (C=O) groups is 2. The fraction of sp³-hybridized carbons (Fsp3) is 0.333. The predicted molar refractivity (Wildman–Crippen MR) is 102 cm³/mol. The fourth-order valence-electron chi connectivity index (χ4n) is 2.39. The summed E-state index contributed by atoms with van der Waals surface area (Å²) in [6, 6.07) is 17.2. The van der Waals surface area contributed by atoms with E-state index in [1.165, 1.54) is 6.07 Å². The zero-order chi connectivity index (χ0) is 21.0. The van der Waals surface area contributed by atoms with Gasteiger partial charge in [0.25, 0.3) is 0 Å². The number of benzene rings is 2. The standard InChI is InChI=1S/C14H16F3NO.C6H6.CH3NO/c1-2-18(13(19)11-6-7-11)9-10-4-3-5-12(8-10)14(15,16)17;1-2-4-6-5-3-1;2-1-3/h3-5,8,11H,2,6-7,9H2,1H3;1-6H;1H,(H2,2,3). The molecule has 1 saturated carbocycles. The SMILES string of the molecule is CCN(Cc1cccc(C(F)(F)F)c1)C(=O)C1CC1.NC=O.c1ccccc1. The van der Waals surface area contributed by atoms with E-state index in [2.05, 4.69) is 5.73 Å². The molecule has 152 valence electrons. The lowest BCUT2D eigenvalue weighted by Crippen LogP contribution is -2.31. The number of hydrogen-bond acceptors (Lipinski definition) is 2. The highest BCUT2D eigenvalue weighted by molar-refractivity contribution is 5.81. The monoisotopic (exact) mass is 394 g/mol. The molecule has 1 fully saturated rings. The molecule has 0 heterocycles. The first-order valence-electron chi connectivity index (χ1n) is 8.93. The van der Waals surface area contributed by atoms with Gasteiger partial charge in [-0.1, -0.05) is 48.5 Å². The van der Waals surface area contributed by atoms with Crippen LogP contribution >= 0.6 is 0 Å². The van der Waals surface area contributed by atoms with Crippen LogP contribution in [0.3, 0.4) is 0 Å². The highest BCUT2D eigenvalue weighted by Crippen LogP contribution is 2.32. The van der Waals surface area contributed by atoms with Crippen molar-refractivity contribution in [3.8, 4) is 0 Å². The minimum absolute atomic E-state index is 0.0555. The van der Waals surface area contributed by atoms with Crippen molar-refractivity contribution >= 4 is 12.3 Å². The van der Waals surface area contributed by atoms with Gasteiger partial charge in [-0.2, -0.15) is 13.2 Å². The zero-order valence-electron chi connectivity index (χ0n) is 15.7. The third kappa shape index (κ3) is 8.70. The number of halogens is 3. The van der Waals surface area contributed by atoms with Gasteiger partial charge in [0.1, 0.15) is 0 Å². The summed E-state index contributed by atoms with van der Waals surface area (Å²) in [7, 11) is 0. The Morgan fingerprint density at radius 3 is 2.00 bits per heavy atom. The minimum Gasteiger partial charge on any atom is -0.372 e. The van der Waals surface area contributed by atoms with Gasteiger partial charge in [-0.05, 0) is 37.5 Å². The molecule has 7 heteroatoms. The van der Waals surface area contributed by atoms with Gasteiger partial charge in [0, 0.05) is 19.0 Å². The zero-order valence-corrected chi connectivity index (χ0v) is 15.7. The average Bonchev–Trinajstić information content (AvgIpc) is 3.53. The topological polar surface area (TPSA) is 63.4 Å². The molecule has 0 spiro atoms. The second-order valence-corrected chi connectivity index (χ2v) is 6.12. The Morgan fingerprint density at radius 2 is 1.61 bits per heavy atom. The van der Waals surface area contributed by atoms with Gasteiger partial charge >= 0.3 is 6.18 Å². The van der Waals surface area contributed by atoms with E-state index in [4.69, 9.17) is 4.79 Å². The van der Waals surface area contributed by atoms with Gasteiger partial charge < -0.3 is 10.6 Å². The van der Waals surface area contributed by atoms with Crippen molar-refractivity contribution in [3.63, 3.8) is 0 Å². The molecule has 0 aliphatic heterocycles. The first kappa shape index (κ1) is 23.2. The summed E-state index contributed by atoms with van der Waals surface area (Å²) in [6.07, 6.45) is -2.29. The van der Waals surface area contributed by atoms with Gasteiger partial charge in [-0.25, -0.2) is 0 Å². The molecular formula is C21H25F3N2O2. The molecule has 2 amide bonds. The van der Waals surface area contributed by atoms with Crippen LogP contribution in [0.15, 0.2) is 60.7 Å². The molecule has 3 rings (SSSR count). The highest BCUT2D eigenvalue weighted by Gasteiger charge is 2.33. The van der Waals surface area contributed by atoms with Crippen molar-refractivity contribution in [1.82, 2.24) is 4.90 Å². The van der Waals surface area contributed by atoms with Gasteiger partial charge in [-0.3, -0.25) is 9.59 Å². The molecule has 0 aromatic heterocycles. The maximum Gasteiger partial charge on any atom is 0.416 e. The number of nitrogens with two attached hydrogens (primary N) is 1. The van der Waals surface area contributed by atoms with Crippen LogP contribution in [0.25, 0.3) is 0 Å². The third-order valence-corrected chi connectivity index (χ3v) is 3.91. The first-order chi connectivity index (χ1) is 13.3. The van der Waals surface area contributed by atoms with Crippen LogP contribution in [0, 0.1) is 5.92 Å². The molecule has 0 saturated heterocycles. The molecule has 0 unspecified atom stereocenters. The van der Waals surface area contributed by atoms with Crippen LogP contribution in [0.1, 0.15) is 30.9 Å². The molecule has 1 aliphatic rings. The fourth-order valence-corrected chi connectivity index (χ4v) is 2.39. The molecule has 0 atom stereocenters. The number of primary amides is 1. The summed E-state index contributed by atoms with van der Waals surface area (Å²) in [5.74, 6) is 0.144. The normalized spacial score (nSPS) is 12.6. The molecule has 0 radical (unpaired) electrons. The van der Waals surface area contributed by atoms with E-state index in [-0.39, 0.29) is 24.8 Å². The van der Waals surface area contributed by atoms with Crippen LogP contribution in [-0.4, -0.2) is 23.8 Å². The van der Waals surface area contributed by atoms with E-state index in [1.807, 2.05) is 43.3 Å². The Bertz CT molecular complexity index is 690. The molecular weight excluding hydrogens is 369 g/mol. The van der Waals surface area contributed by atoms with Crippen molar-refractivity contribution in [3.05, 3.63) is 71.8 Å². The average molecular weight is 394 g/mol. The van der Waals surface area contributed by atoms with Gasteiger partial charge in [-0.15, -0.1) is 0 Å². The van der Waals surface area contributed by atoms with Crippen molar-refractivity contribution in [2.75, 3.05) is 6.54 Å². The summed E-state index contributed by atoms with van der Waals surface area (Å²) in [5.41, 5.74) is 4.02. The quantitative estimate of drug-likeness (QED) is 0.788. The van der Waals surface area contributed by atoms with Crippen molar-refractivity contribution in [2.24, 2.45) is 11.7 Å². The Hall–Kier alpha value is -2.83. The summed E-state index contributed by atoms with van der Waals surface area (Å²) < 4.78 is 37.8. The lowest BCUT2D eigenvalue weighted by atomic mass is 10.1.